The Kier molecular flexibility index (Phi) is 5.25. The molecule has 5 rings (SSSR count). The lowest BCUT2D eigenvalue weighted by Crippen LogP contribution is -2.70. The molecule has 3 heterocycles. The van der Waals surface area contributed by atoms with Gasteiger partial charge in [-0.1, -0.05) is 13.8 Å². The quantitative estimate of drug-likeness (QED) is 0.597. The predicted molar refractivity (Wildman–Crippen MR) is 113 cm³/mol. The van der Waals surface area contributed by atoms with E-state index >= 15 is 0 Å². The Labute approximate surface area is 192 Å². The van der Waals surface area contributed by atoms with Crippen molar-refractivity contribution in [2.75, 3.05) is 5.32 Å². The van der Waals surface area contributed by atoms with Gasteiger partial charge in [0.25, 0.3) is 0 Å². The molecule has 1 N–H and O–H groups in total. The lowest BCUT2D eigenvalue weighted by atomic mass is 9.64. The van der Waals surface area contributed by atoms with Crippen molar-refractivity contribution in [2.24, 2.45) is 5.92 Å². The first-order valence-corrected chi connectivity index (χ1v) is 11.0. The smallest absolute Gasteiger partial charge is 0.417 e. The minimum Gasteiger partial charge on any atom is -0.423 e. The van der Waals surface area contributed by atoms with Gasteiger partial charge in [-0.15, -0.1) is 15.3 Å². The Hall–Kier alpha value is -3.57. The second kappa shape index (κ2) is 8.03. The molecule has 3 unspecified atom stereocenters. The van der Waals surface area contributed by atoms with E-state index in [1.54, 1.807) is 4.90 Å². The maximum Gasteiger partial charge on any atom is 0.417 e. The van der Waals surface area contributed by atoms with Gasteiger partial charge in [-0.3, -0.25) is 0 Å². The molecule has 2 aliphatic rings. The maximum atomic E-state index is 13.6. The first-order valence-electron chi connectivity index (χ1n) is 11.0. The number of aryl methyl sites for hydroxylation is 1. The van der Waals surface area contributed by atoms with E-state index < -0.39 is 23.3 Å². The summed E-state index contributed by atoms with van der Waals surface area (Å²) < 4.78 is 46.6. The van der Waals surface area contributed by atoms with Crippen LogP contribution in [-0.4, -0.2) is 42.4 Å². The predicted octanol–water partition coefficient (Wildman–Crippen LogP) is 4.43. The lowest BCUT2D eigenvalue weighted by Gasteiger charge is -2.61. The molecular formula is C22H22F3N7O2. The normalized spacial score (nSPS) is 24.0. The van der Waals surface area contributed by atoms with Crippen molar-refractivity contribution < 1.29 is 22.4 Å². The Bertz CT molecular complexity index is 1220. The number of amides is 2. The molecule has 2 bridgehead atoms. The Morgan fingerprint density at radius 1 is 1.24 bits per heavy atom. The minimum atomic E-state index is -4.62. The summed E-state index contributed by atoms with van der Waals surface area (Å²) in [7, 11) is 0. The minimum absolute atomic E-state index is 0.0173. The molecule has 3 aromatic rings. The van der Waals surface area contributed by atoms with E-state index in [1.807, 2.05) is 6.92 Å². The number of carbonyl (C=O) groups is 1. The van der Waals surface area contributed by atoms with Gasteiger partial charge in [-0.2, -0.15) is 18.3 Å². The van der Waals surface area contributed by atoms with Crippen LogP contribution in [0.15, 0.2) is 35.0 Å². The number of nitrogens with zero attached hydrogens (tertiary/aromatic N) is 6. The number of anilines is 1. The van der Waals surface area contributed by atoms with Gasteiger partial charge >= 0.3 is 12.2 Å². The number of hydrogen-bond acceptors (Lipinski definition) is 7. The van der Waals surface area contributed by atoms with Gasteiger partial charge in [-0.05, 0) is 37.0 Å². The van der Waals surface area contributed by atoms with E-state index in [2.05, 4.69) is 37.6 Å². The number of benzene rings is 1. The third-order valence-corrected chi connectivity index (χ3v) is 6.45. The third-order valence-electron chi connectivity index (χ3n) is 6.45. The molecule has 1 saturated heterocycles. The van der Waals surface area contributed by atoms with Gasteiger partial charge in [0.15, 0.2) is 5.82 Å². The number of alkyl halides is 3. The van der Waals surface area contributed by atoms with E-state index in [0.29, 0.717) is 37.0 Å². The van der Waals surface area contributed by atoms with E-state index in [4.69, 9.17) is 4.42 Å². The van der Waals surface area contributed by atoms with Gasteiger partial charge in [-0.25, -0.2) is 9.78 Å². The SMILES string of the molecule is CCc1nnc(C23CC(C)CC(C2)N3C(=O)Nc2ccc(C(F)(F)F)c(-c3nccnn3)c2)o1. The molecule has 2 amide bonds. The third kappa shape index (κ3) is 3.66. The van der Waals surface area contributed by atoms with Crippen LogP contribution in [0.4, 0.5) is 23.7 Å². The molecule has 1 aliphatic heterocycles. The number of carbonyl (C=O) groups excluding carboxylic acids is 1. The summed E-state index contributed by atoms with van der Waals surface area (Å²) in [5.74, 6) is 1.07. The summed E-state index contributed by atoms with van der Waals surface area (Å²) in [6.07, 6.45) is 0.690. The number of nitrogens with one attached hydrogen (secondary N) is 1. The van der Waals surface area contributed by atoms with Crippen LogP contribution in [0.1, 0.15) is 50.5 Å². The molecule has 0 radical (unpaired) electrons. The fraction of sp³-hybridized carbons (Fsp3) is 0.455. The molecule has 178 valence electrons. The van der Waals surface area contributed by atoms with E-state index in [-0.39, 0.29) is 23.1 Å². The summed E-state index contributed by atoms with van der Waals surface area (Å²) in [4.78, 5) is 18.9. The van der Waals surface area contributed by atoms with Crippen LogP contribution in [0.3, 0.4) is 0 Å². The maximum absolute atomic E-state index is 13.6. The summed E-state index contributed by atoms with van der Waals surface area (Å²) >= 11 is 0. The molecule has 1 aliphatic carbocycles. The highest BCUT2D eigenvalue weighted by Crippen LogP contribution is 2.55. The lowest BCUT2D eigenvalue weighted by molar-refractivity contribution is -0.137. The number of urea groups is 1. The highest BCUT2D eigenvalue weighted by molar-refractivity contribution is 5.92. The zero-order chi connectivity index (χ0) is 24.1. The number of piperidine rings is 1. The summed E-state index contributed by atoms with van der Waals surface area (Å²) in [5, 5.41) is 18.3. The summed E-state index contributed by atoms with van der Waals surface area (Å²) in [6.45, 7) is 4.02. The molecule has 1 saturated carbocycles. The topological polar surface area (TPSA) is 110 Å². The standard InChI is InChI=1S/C22H22F3N7O2/c1-3-17-29-31-19(34-17)21-10-12(2)8-14(11-21)32(21)20(33)28-13-4-5-16(22(23,24)25)15(9-13)18-26-6-7-27-30-18/h4-7,9,12,14H,3,8,10-11H2,1-2H3,(H,28,33). The molecule has 3 atom stereocenters. The zero-order valence-electron chi connectivity index (χ0n) is 18.5. The van der Waals surface area contributed by atoms with Gasteiger partial charge in [0.2, 0.25) is 11.8 Å². The van der Waals surface area contributed by atoms with Gasteiger partial charge in [0.1, 0.15) is 5.54 Å². The Morgan fingerprint density at radius 3 is 2.74 bits per heavy atom. The fourth-order valence-electron chi connectivity index (χ4n) is 5.14. The van der Waals surface area contributed by atoms with E-state index in [1.165, 1.54) is 24.5 Å². The Morgan fingerprint density at radius 2 is 2.06 bits per heavy atom. The van der Waals surface area contributed by atoms with Crippen LogP contribution in [0.5, 0.6) is 0 Å². The van der Waals surface area contributed by atoms with Crippen molar-refractivity contribution in [3.05, 3.63) is 47.9 Å². The van der Waals surface area contributed by atoms with Crippen molar-refractivity contribution in [1.29, 1.82) is 0 Å². The zero-order valence-corrected chi connectivity index (χ0v) is 18.5. The monoisotopic (exact) mass is 473 g/mol. The van der Waals surface area contributed by atoms with E-state index in [9.17, 15) is 18.0 Å². The van der Waals surface area contributed by atoms with Gasteiger partial charge < -0.3 is 14.6 Å². The first-order chi connectivity index (χ1) is 16.2. The van der Waals surface area contributed by atoms with Gasteiger partial charge in [0, 0.05) is 36.3 Å². The molecule has 12 heteroatoms. The van der Waals surface area contributed by atoms with Crippen LogP contribution >= 0.6 is 0 Å². The van der Waals surface area contributed by atoms with Crippen LogP contribution < -0.4 is 5.32 Å². The summed E-state index contributed by atoms with van der Waals surface area (Å²) in [6, 6.07) is 2.88. The molecule has 34 heavy (non-hydrogen) atoms. The van der Waals surface area contributed by atoms with Gasteiger partial charge in [0.05, 0.1) is 11.8 Å². The fourth-order valence-corrected chi connectivity index (χ4v) is 5.14. The van der Waals surface area contributed by atoms with Crippen LogP contribution in [-0.2, 0) is 18.1 Å². The number of fused-ring (bicyclic) bond motifs is 2. The molecule has 2 fully saturated rings. The summed E-state index contributed by atoms with van der Waals surface area (Å²) in [5.41, 5.74) is -1.71. The molecule has 2 aromatic heterocycles. The molecule has 9 nitrogen and oxygen atoms in total. The largest absolute Gasteiger partial charge is 0.423 e. The average molecular weight is 473 g/mol. The second-order valence-electron chi connectivity index (χ2n) is 8.81. The molecule has 1 aromatic carbocycles. The van der Waals surface area contributed by atoms with Crippen molar-refractivity contribution >= 4 is 11.7 Å². The Balaban J connectivity index is 1.46. The molecular weight excluding hydrogens is 451 g/mol. The van der Waals surface area contributed by atoms with Crippen LogP contribution in [0.25, 0.3) is 11.4 Å². The second-order valence-corrected chi connectivity index (χ2v) is 8.81. The number of aromatic nitrogens is 5. The average Bonchev–Trinajstić information content (AvgIpc) is 3.28. The van der Waals surface area contributed by atoms with Crippen LogP contribution in [0.2, 0.25) is 0 Å². The van der Waals surface area contributed by atoms with Crippen molar-refractivity contribution in [3.8, 4) is 11.4 Å². The highest BCUT2D eigenvalue weighted by atomic mass is 19.4. The number of hydrogen-bond donors (Lipinski definition) is 1. The van der Waals surface area contributed by atoms with E-state index in [0.717, 1.165) is 12.5 Å². The van der Waals surface area contributed by atoms with Crippen LogP contribution in [0, 0.1) is 5.92 Å². The van der Waals surface area contributed by atoms with Crippen molar-refractivity contribution in [1.82, 2.24) is 30.3 Å². The van der Waals surface area contributed by atoms with Crippen molar-refractivity contribution in [2.45, 2.75) is 57.3 Å². The van der Waals surface area contributed by atoms with Crippen molar-refractivity contribution in [3.63, 3.8) is 0 Å². The first kappa shape index (κ1) is 22.2. The number of halogens is 3. The number of rotatable bonds is 4. The highest BCUT2D eigenvalue weighted by Gasteiger charge is 2.62. The molecule has 0 spiro atoms. The number of likely N-dealkylation sites (tertiary alicyclic amines) is 1.